The Balaban J connectivity index is 2.00. The molecule has 0 spiro atoms. The minimum Gasteiger partial charge on any atom is -0.338 e. The number of carbonyl (C=O) groups is 1. The number of piperidine rings is 1. The molecule has 4 heteroatoms. The van der Waals surface area contributed by atoms with Gasteiger partial charge in [0.05, 0.1) is 6.42 Å². The van der Waals surface area contributed by atoms with Crippen molar-refractivity contribution < 1.29 is 4.79 Å². The minimum atomic E-state index is 0.199. The number of nitrogens with two attached hydrogens (primary N) is 1. The Morgan fingerprint density at radius 1 is 1.42 bits per heavy atom. The van der Waals surface area contributed by atoms with Gasteiger partial charge in [0.2, 0.25) is 5.91 Å². The smallest absolute Gasteiger partial charge is 0.227 e. The lowest BCUT2D eigenvalue weighted by molar-refractivity contribution is -0.134. The van der Waals surface area contributed by atoms with Gasteiger partial charge >= 0.3 is 0 Å². The van der Waals surface area contributed by atoms with Gasteiger partial charge in [-0.1, -0.05) is 35.0 Å². The summed E-state index contributed by atoms with van der Waals surface area (Å²) in [6.45, 7) is 3.65. The van der Waals surface area contributed by atoms with Crippen molar-refractivity contribution in [2.75, 3.05) is 13.1 Å². The van der Waals surface area contributed by atoms with Gasteiger partial charge in [-0.05, 0) is 36.5 Å². The Morgan fingerprint density at radius 3 is 2.74 bits per heavy atom. The van der Waals surface area contributed by atoms with Crippen LogP contribution in [0, 0.1) is 5.92 Å². The molecule has 0 saturated carbocycles. The molecule has 19 heavy (non-hydrogen) atoms. The maximum Gasteiger partial charge on any atom is 0.227 e. The molecule has 1 aromatic carbocycles. The van der Waals surface area contributed by atoms with Crippen LogP contribution in [0.5, 0.6) is 0 Å². The third kappa shape index (κ3) is 3.80. The number of likely N-dealkylation sites (tertiary alicyclic amines) is 1. The summed E-state index contributed by atoms with van der Waals surface area (Å²) in [5, 5.41) is 0. The van der Waals surface area contributed by atoms with Crippen LogP contribution in [0.4, 0.5) is 0 Å². The molecule has 2 unspecified atom stereocenters. The molecule has 0 aromatic heterocycles. The molecule has 1 aromatic rings. The highest BCUT2D eigenvalue weighted by Gasteiger charge is 2.28. The maximum atomic E-state index is 12.4. The fourth-order valence-corrected chi connectivity index (χ4v) is 2.95. The first-order chi connectivity index (χ1) is 9.10. The lowest BCUT2D eigenvalue weighted by atomic mass is 9.92. The largest absolute Gasteiger partial charge is 0.338 e. The molecule has 1 heterocycles. The molecule has 1 aliphatic heterocycles. The van der Waals surface area contributed by atoms with Crippen LogP contribution in [0.1, 0.15) is 25.3 Å². The van der Waals surface area contributed by atoms with E-state index in [1.165, 1.54) is 0 Å². The van der Waals surface area contributed by atoms with Crippen molar-refractivity contribution in [1.29, 1.82) is 0 Å². The van der Waals surface area contributed by atoms with Crippen LogP contribution in [-0.2, 0) is 11.2 Å². The molecule has 3 nitrogen and oxygen atoms in total. The average molecular weight is 325 g/mol. The van der Waals surface area contributed by atoms with Gasteiger partial charge in [-0.3, -0.25) is 4.79 Å². The van der Waals surface area contributed by atoms with Crippen molar-refractivity contribution in [3.05, 3.63) is 34.3 Å². The normalized spacial score (nSPS) is 23.4. The van der Waals surface area contributed by atoms with Crippen molar-refractivity contribution in [1.82, 2.24) is 4.90 Å². The molecule has 1 aliphatic rings. The Morgan fingerprint density at radius 2 is 2.11 bits per heavy atom. The van der Waals surface area contributed by atoms with Gasteiger partial charge in [-0.15, -0.1) is 0 Å². The molecule has 2 atom stereocenters. The van der Waals surface area contributed by atoms with E-state index < -0.39 is 0 Å². The summed E-state index contributed by atoms with van der Waals surface area (Å²) in [5.74, 6) is 0.870. The first-order valence-electron chi connectivity index (χ1n) is 6.84. The molecule has 0 bridgehead atoms. The predicted octanol–water partition coefficient (Wildman–Crippen LogP) is 2.58. The van der Waals surface area contributed by atoms with Crippen LogP contribution < -0.4 is 5.73 Å². The third-order valence-electron chi connectivity index (χ3n) is 3.84. The van der Waals surface area contributed by atoms with E-state index in [0.717, 1.165) is 29.4 Å². The number of hydrogen-bond donors (Lipinski definition) is 1. The quantitative estimate of drug-likeness (QED) is 0.928. The van der Waals surface area contributed by atoms with E-state index in [-0.39, 0.29) is 11.9 Å². The SMILES string of the molecule is CC1CCN(C(=O)Cc2ccc(Br)cc2)C(CN)C1. The van der Waals surface area contributed by atoms with Crippen LogP contribution >= 0.6 is 15.9 Å². The zero-order chi connectivity index (χ0) is 13.8. The van der Waals surface area contributed by atoms with E-state index in [1.54, 1.807) is 0 Å². The van der Waals surface area contributed by atoms with Crippen molar-refractivity contribution in [3.63, 3.8) is 0 Å². The average Bonchev–Trinajstić information content (AvgIpc) is 2.41. The second kappa shape index (κ2) is 6.53. The number of rotatable bonds is 3. The lowest BCUT2D eigenvalue weighted by Gasteiger charge is -2.38. The van der Waals surface area contributed by atoms with E-state index in [4.69, 9.17) is 5.73 Å². The maximum absolute atomic E-state index is 12.4. The van der Waals surface area contributed by atoms with E-state index in [9.17, 15) is 4.79 Å². The summed E-state index contributed by atoms with van der Waals surface area (Å²) in [4.78, 5) is 14.4. The Hall–Kier alpha value is -0.870. The van der Waals surface area contributed by atoms with Crippen molar-refractivity contribution in [2.24, 2.45) is 11.7 Å². The standard InChI is InChI=1S/C15H21BrN2O/c1-11-6-7-18(14(8-11)10-17)15(19)9-12-2-4-13(16)5-3-12/h2-5,11,14H,6-10,17H2,1H3. The number of benzene rings is 1. The van der Waals surface area contributed by atoms with E-state index >= 15 is 0 Å². The molecule has 1 saturated heterocycles. The molecule has 2 rings (SSSR count). The third-order valence-corrected chi connectivity index (χ3v) is 4.37. The van der Waals surface area contributed by atoms with Crippen LogP contribution in [0.25, 0.3) is 0 Å². The van der Waals surface area contributed by atoms with E-state index in [2.05, 4.69) is 22.9 Å². The highest BCUT2D eigenvalue weighted by molar-refractivity contribution is 9.10. The molecule has 0 radical (unpaired) electrons. The molecular weight excluding hydrogens is 304 g/mol. The summed E-state index contributed by atoms with van der Waals surface area (Å²) in [7, 11) is 0. The number of halogens is 1. The van der Waals surface area contributed by atoms with Gasteiger partial charge in [-0.25, -0.2) is 0 Å². The lowest BCUT2D eigenvalue weighted by Crippen LogP contribution is -2.49. The highest BCUT2D eigenvalue weighted by atomic mass is 79.9. The molecule has 104 valence electrons. The van der Waals surface area contributed by atoms with Crippen molar-refractivity contribution in [2.45, 2.75) is 32.2 Å². The Kier molecular flexibility index (Phi) is 4.99. The second-order valence-corrected chi connectivity index (χ2v) is 6.33. The summed E-state index contributed by atoms with van der Waals surface area (Å²) in [5.41, 5.74) is 6.86. The zero-order valence-corrected chi connectivity index (χ0v) is 12.9. The number of carbonyl (C=O) groups excluding carboxylic acids is 1. The molecule has 1 amide bonds. The molecular formula is C15H21BrN2O. The summed E-state index contributed by atoms with van der Waals surface area (Å²) >= 11 is 3.40. The summed E-state index contributed by atoms with van der Waals surface area (Å²) in [6, 6.07) is 8.15. The first-order valence-corrected chi connectivity index (χ1v) is 7.63. The topological polar surface area (TPSA) is 46.3 Å². The van der Waals surface area contributed by atoms with Gasteiger partial charge < -0.3 is 10.6 Å². The van der Waals surface area contributed by atoms with Crippen molar-refractivity contribution >= 4 is 21.8 Å². The van der Waals surface area contributed by atoms with E-state index in [1.807, 2.05) is 29.2 Å². The monoisotopic (exact) mass is 324 g/mol. The van der Waals surface area contributed by atoms with Gasteiger partial charge in [0.1, 0.15) is 0 Å². The summed E-state index contributed by atoms with van der Waals surface area (Å²) < 4.78 is 1.04. The number of amides is 1. The van der Waals surface area contributed by atoms with Crippen LogP contribution in [-0.4, -0.2) is 29.9 Å². The zero-order valence-electron chi connectivity index (χ0n) is 11.3. The minimum absolute atomic E-state index is 0.199. The van der Waals surface area contributed by atoms with E-state index in [0.29, 0.717) is 18.9 Å². The van der Waals surface area contributed by atoms with Crippen LogP contribution in [0.3, 0.4) is 0 Å². The van der Waals surface area contributed by atoms with Crippen LogP contribution in [0.15, 0.2) is 28.7 Å². The first kappa shape index (κ1) is 14.5. The Bertz CT molecular complexity index is 432. The molecule has 0 aliphatic carbocycles. The number of nitrogens with zero attached hydrogens (tertiary/aromatic N) is 1. The van der Waals surface area contributed by atoms with Crippen LogP contribution in [0.2, 0.25) is 0 Å². The fraction of sp³-hybridized carbons (Fsp3) is 0.533. The highest BCUT2D eigenvalue weighted by Crippen LogP contribution is 2.23. The van der Waals surface area contributed by atoms with Gasteiger partial charge in [-0.2, -0.15) is 0 Å². The van der Waals surface area contributed by atoms with Gasteiger partial charge in [0.25, 0.3) is 0 Å². The summed E-state index contributed by atoms with van der Waals surface area (Å²) in [6.07, 6.45) is 2.59. The van der Waals surface area contributed by atoms with Crippen molar-refractivity contribution in [3.8, 4) is 0 Å². The van der Waals surface area contributed by atoms with Gasteiger partial charge in [0.15, 0.2) is 0 Å². The molecule has 1 fully saturated rings. The predicted molar refractivity (Wildman–Crippen MR) is 80.8 cm³/mol. The fourth-order valence-electron chi connectivity index (χ4n) is 2.68. The van der Waals surface area contributed by atoms with Gasteiger partial charge in [0, 0.05) is 23.6 Å². The number of hydrogen-bond acceptors (Lipinski definition) is 2. The molecule has 2 N–H and O–H groups in total. The Labute approximate surface area is 123 Å². The second-order valence-electron chi connectivity index (χ2n) is 5.41.